The first-order valence-electron chi connectivity index (χ1n) is 9.25. The summed E-state index contributed by atoms with van der Waals surface area (Å²) >= 11 is 0. The molecule has 162 valence electrons. The van der Waals surface area contributed by atoms with E-state index in [-0.39, 0.29) is 37.4 Å². The highest BCUT2D eigenvalue weighted by Crippen LogP contribution is 2.33. The zero-order valence-electron chi connectivity index (χ0n) is 15.8. The van der Waals surface area contributed by atoms with Crippen molar-refractivity contribution in [2.75, 3.05) is 18.4 Å². The van der Waals surface area contributed by atoms with E-state index in [9.17, 15) is 30.8 Å². The highest BCUT2D eigenvalue weighted by Gasteiger charge is 2.35. The van der Waals surface area contributed by atoms with Gasteiger partial charge < -0.3 is 5.32 Å². The van der Waals surface area contributed by atoms with Crippen LogP contribution in [0.3, 0.4) is 0 Å². The van der Waals surface area contributed by atoms with Gasteiger partial charge in [-0.1, -0.05) is 30.3 Å². The van der Waals surface area contributed by atoms with Crippen LogP contribution in [0.25, 0.3) is 0 Å². The Morgan fingerprint density at radius 3 is 2.30 bits per heavy atom. The van der Waals surface area contributed by atoms with Gasteiger partial charge in [0.05, 0.1) is 11.3 Å². The van der Waals surface area contributed by atoms with Gasteiger partial charge in [-0.2, -0.15) is 13.2 Å². The van der Waals surface area contributed by atoms with Gasteiger partial charge in [0, 0.05) is 24.7 Å². The molecule has 0 radical (unpaired) electrons. The van der Waals surface area contributed by atoms with Crippen molar-refractivity contribution in [1.29, 1.82) is 0 Å². The number of rotatable bonds is 5. The smallest absolute Gasteiger partial charge is 0.326 e. The molecule has 1 heterocycles. The summed E-state index contributed by atoms with van der Waals surface area (Å²) in [6.07, 6.45) is -4.39. The van der Waals surface area contributed by atoms with Gasteiger partial charge in [-0.05, 0) is 36.6 Å². The molecule has 0 spiro atoms. The van der Waals surface area contributed by atoms with Crippen molar-refractivity contribution >= 4 is 21.6 Å². The SMILES string of the molecule is O=C(Nc1ccc(F)c(C(F)(F)F)c1)C1CCN(S(=O)(=O)Cc2ccccc2)CC1. The van der Waals surface area contributed by atoms with Crippen LogP contribution in [-0.2, 0) is 26.7 Å². The van der Waals surface area contributed by atoms with Crippen molar-refractivity contribution in [3.8, 4) is 0 Å². The molecule has 0 saturated carbocycles. The summed E-state index contributed by atoms with van der Waals surface area (Å²) < 4.78 is 78.3. The number of nitrogens with zero attached hydrogens (tertiary/aromatic N) is 1. The van der Waals surface area contributed by atoms with E-state index in [0.717, 1.165) is 6.07 Å². The largest absolute Gasteiger partial charge is 0.419 e. The third-order valence-electron chi connectivity index (χ3n) is 4.95. The Morgan fingerprint density at radius 1 is 1.07 bits per heavy atom. The average Bonchev–Trinajstić information content (AvgIpc) is 2.69. The van der Waals surface area contributed by atoms with Crippen molar-refractivity contribution in [2.24, 2.45) is 5.92 Å². The molecule has 1 fully saturated rings. The molecule has 5 nitrogen and oxygen atoms in total. The van der Waals surface area contributed by atoms with E-state index in [1.54, 1.807) is 30.3 Å². The fourth-order valence-electron chi connectivity index (χ4n) is 3.34. The van der Waals surface area contributed by atoms with Crippen LogP contribution < -0.4 is 5.32 Å². The molecule has 0 unspecified atom stereocenters. The third kappa shape index (κ3) is 5.37. The summed E-state index contributed by atoms with van der Waals surface area (Å²) in [6.45, 7) is 0.287. The lowest BCUT2D eigenvalue weighted by Crippen LogP contribution is -2.41. The number of alkyl halides is 3. The summed E-state index contributed by atoms with van der Waals surface area (Å²) in [5.41, 5.74) is -0.955. The van der Waals surface area contributed by atoms with Crippen LogP contribution in [0, 0.1) is 11.7 Å². The Bertz CT molecular complexity index is 1000. The number of halogens is 4. The maximum absolute atomic E-state index is 13.4. The van der Waals surface area contributed by atoms with E-state index in [1.165, 1.54) is 4.31 Å². The molecule has 1 aliphatic heterocycles. The number of anilines is 1. The van der Waals surface area contributed by atoms with Gasteiger partial charge in [0.1, 0.15) is 5.82 Å². The zero-order valence-corrected chi connectivity index (χ0v) is 16.6. The van der Waals surface area contributed by atoms with Crippen molar-refractivity contribution in [2.45, 2.75) is 24.8 Å². The van der Waals surface area contributed by atoms with Crippen molar-refractivity contribution in [3.05, 3.63) is 65.5 Å². The van der Waals surface area contributed by atoms with Crippen LogP contribution >= 0.6 is 0 Å². The van der Waals surface area contributed by atoms with E-state index in [2.05, 4.69) is 5.32 Å². The van der Waals surface area contributed by atoms with Crippen LogP contribution in [-0.4, -0.2) is 31.7 Å². The minimum atomic E-state index is -4.87. The summed E-state index contributed by atoms with van der Waals surface area (Å²) in [4.78, 5) is 12.4. The Labute approximate surface area is 171 Å². The number of hydrogen-bond donors (Lipinski definition) is 1. The monoisotopic (exact) mass is 444 g/mol. The number of nitrogens with one attached hydrogen (secondary N) is 1. The molecule has 30 heavy (non-hydrogen) atoms. The molecular weight excluding hydrogens is 424 g/mol. The topological polar surface area (TPSA) is 66.5 Å². The molecule has 1 aliphatic rings. The second-order valence-electron chi connectivity index (χ2n) is 7.10. The number of benzene rings is 2. The second-order valence-corrected chi connectivity index (χ2v) is 9.07. The highest BCUT2D eigenvalue weighted by atomic mass is 32.2. The predicted molar refractivity (Wildman–Crippen MR) is 103 cm³/mol. The molecule has 1 saturated heterocycles. The molecule has 3 rings (SSSR count). The molecule has 2 aromatic rings. The lowest BCUT2D eigenvalue weighted by molar-refractivity contribution is -0.140. The molecule has 2 aromatic carbocycles. The first-order valence-corrected chi connectivity index (χ1v) is 10.9. The highest BCUT2D eigenvalue weighted by molar-refractivity contribution is 7.88. The Hall–Kier alpha value is -2.46. The maximum Gasteiger partial charge on any atom is 0.419 e. The number of amides is 1. The molecule has 0 bridgehead atoms. The molecular formula is C20H20F4N2O3S. The van der Waals surface area contributed by atoms with Crippen LogP contribution in [0.1, 0.15) is 24.0 Å². The number of carbonyl (C=O) groups is 1. The zero-order chi connectivity index (χ0) is 21.9. The van der Waals surface area contributed by atoms with E-state index in [4.69, 9.17) is 0 Å². The average molecular weight is 444 g/mol. The third-order valence-corrected chi connectivity index (χ3v) is 6.80. The van der Waals surface area contributed by atoms with E-state index >= 15 is 0 Å². The molecule has 0 aromatic heterocycles. The fraction of sp³-hybridized carbons (Fsp3) is 0.350. The van der Waals surface area contributed by atoms with E-state index < -0.39 is 39.4 Å². The van der Waals surface area contributed by atoms with Crippen molar-refractivity contribution < 1.29 is 30.8 Å². The minimum Gasteiger partial charge on any atom is -0.326 e. The molecule has 0 aliphatic carbocycles. The summed E-state index contributed by atoms with van der Waals surface area (Å²) in [6, 6.07) is 11.0. The van der Waals surface area contributed by atoms with E-state index in [0.29, 0.717) is 17.7 Å². The van der Waals surface area contributed by atoms with Gasteiger partial charge in [0.15, 0.2) is 0 Å². The van der Waals surface area contributed by atoms with Crippen LogP contribution in [0.5, 0.6) is 0 Å². The van der Waals surface area contributed by atoms with Gasteiger partial charge >= 0.3 is 6.18 Å². The maximum atomic E-state index is 13.4. The van der Waals surface area contributed by atoms with Crippen LogP contribution in [0.2, 0.25) is 0 Å². The van der Waals surface area contributed by atoms with Crippen molar-refractivity contribution in [1.82, 2.24) is 4.31 Å². The van der Waals surface area contributed by atoms with Crippen LogP contribution in [0.15, 0.2) is 48.5 Å². The summed E-state index contributed by atoms with van der Waals surface area (Å²) in [5.74, 6) is -2.62. The van der Waals surface area contributed by atoms with Crippen LogP contribution in [0.4, 0.5) is 23.2 Å². The first kappa shape index (κ1) is 22.2. The molecule has 1 amide bonds. The molecule has 0 atom stereocenters. The Balaban J connectivity index is 1.59. The Kier molecular flexibility index (Phi) is 6.47. The minimum absolute atomic E-state index is 0.138. The number of piperidine rings is 1. The summed E-state index contributed by atoms with van der Waals surface area (Å²) in [5, 5.41) is 2.37. The number of sulfonamides is 1. The quantitative estimate of drug-likeness (QED) is 0.709. The standard InChI is InChI=1S/C20H20F4N2O3S/c21-18-7-6-16(12-17(18)20(22,23)24)25-19(27)15-8-10-26(11-9-15)30(28,29)13-14-4-2-1-3-5-14/h1-7,12,15H,8-11,13H2,(H,25,27). The second kappa shape index (κ2) is 8.73. The van der Waals surface area contributed by atoms with Crippen molar-refractivity contribution in [3.63, 3.8) is 0 Å². The molecule has 10 heteroatoms. The predicted octanol–water partition coefficient (Wildman–Crippen LogP) is 4.03. The Morgan fingerprint density at radius 2 is 1.70 bits per heavy atom. The lowest BCUT2D eigenvalue weighted by Gasteiger charge is -2.30. The van der Waals surface area contributed by atoms with Gasteiger partial charge in [0.2, 0.25) is 15.9 Å². The summed E-state index contributed by atoms with van der Waals surface area (Å²) in [7, 11) is -3.54. The number of hydrogen-bond acceptors (Lipinski definition) is 3. The molecule has 1 N–H and O–H groups in total. The van der Waals surface area contributed by atoms with Gasteiger partial charge in [-0.15, -0.1) is 0 Å². The van der Waals surface area contributed by atoms with E-state index in [1.807, 2.05) is 0 Å². The van der Waals surface area contributed by atoms with Gasteiger partial charge in [-0.3, -0.25) is 4.79 Å². The normalized spacial score (nSPS) is 16.4. The van der Waals surface area contributed by atoms with Gasteiger partial charge in [0.25, 0.3) is 0 Å². The lowest BCUT2D eigenvalue weighted by atomic mass is 9.97. The number of carbonyl (C=O) groups excluding carboxylic acids is 1. The van der Waals surface area contributed by atoms with Gasteiger partial charge in [-0.25, -0.2) is 17.1 Å². The fourth-order valence-corrected chi connectivity index (χ4v) is 4.90. The first-order chi connectivity index (χ1) is 14.1.